The number of nitrogens with zero attached hydrogens (tertiary/aromatic N) is 2. The third-order valence-electron chi connectivity index (χ3n) is 2.85. The summed E-state index contributed by atoms with van der Waals surface area (Å²) in [6.45, 7) is 1.69. The quantitative estimate of drug-likeness (QED) is 0.545. The molecule has 2 amide bonds. The lowest BCUT2D eigenvalue weighted by atomic mass is 10.0. The minimum atomic E-state index is -0.529. The highest BCUT2D eigenvalue weighted by molar-refractivity contribution is 6.09. The number of hydrogen-bond donors (Lipinski definition) is 3. The molecule has 1 aliphatic heterocycles. The van der Waals surface area contributed by atoms with Crippen molar-refractivity contribution in [2.45, 2.75) is 13.3 Å². The number of benzene rings is 1. The highest BCUT2D eigenvalue weighted by Gasteiger charge is 2.28. The van der Waals surface area contributed by atoms with E-state index in [9.17, 15) is 9.59 Å². The van der Waals surface area contributed by atoms with E-state index in [-0.39, 0.29) is 24.0 Å². The molecular formula is C13H14N4O3. The van der Waals surface area contributed by atoms with Crippen LogP contribution in [0.4, 0.5) is 0 Å². The second-order valence-corrected chi connectivity index (χ2v) is 4.37. The average molecular weight is 274 g/mol. The fourth-order valence-electron chi connectivity index (χ4n) is 1.70. The fraction of sp³-hybridized carbons (Fsp3) is 0.231. The Bertz CT molecular complexity index is 578. The van der Waals surface area contributed by atoms with Crippen molar-refractivity contribution < 1.29 is 14.7 Å². The summed E-state index contributed by atoms with van der Waals surface area (Å²) >= 11 is 0. The minimum absolute atomic E-state index is 0.00802. The third kappa shape index (κ3) is 3.41. The van der Waals surface area contributed by atoms with Crippen LogP contribution >= 0.6 is 0 Å². The van der Waals surface area contributed by atoms with Crippen LogP contribution in [0.1, 0.15) is 18.9 Å². The second-order valence-electron chi connectivity index (χ2n) is 4.37. The van der Waals surface area contributed by atoms with E-state index in [0.29, 0.717) is 5.71 Å². The zero-order valence-corrected chi connectivity index (χ0v) is 10.8. The number of amides is 2. The van der Waals surface area contributed by atoms with Gasteiger partial charge >= 0.3 is 0 Å². The van der Waals surface area contributed by atoms with Crippen molar-refractivity contribution in [1.82, 2.24) is 10.9 Å². The SMILES string of the molecule is CC1=NNC(=O)[C@H]1CC(=O)N/N=C\c1ccc(O)cc1. The van der Waals surface area contributed by atoms with Gasteiger partial charge in [0.25, 0.3) is 0 Å². The highest BCUT2D eigenvalue weighted by atomic mass is 16.3. The summed E-state index contributed by atoms with van der Waals surface area (Å²) in [7, 11) is 0. The maximum Gasteiger partial charge on any atom is 0.249 e. The van der Waals surface area contributed by atoms with E-state index in [1.807, 2.05) is 0 Å². The van der Waals surface area contributed by atoms with Crippen molar-refractivity contribution in [2.75, 3.05) is 0 Å². The number of carbonyl (C=O) groups is 2. The van der Waals surface area contributed by atoms with Gasteiger partial charge in [0.05, 0.1) is 12.1 Å². The van der Waals surface area contributed by atoms with Crippen LogP contribution in [0, 0.1) is 5.92 Å². The molecule has 0 unspecified atom stereocenters. The van der Waals surface area contributed by atoms with Gasteiger partial charge in [-0.25, -0.2) is 10.9 Å². The molecule has 1 heterocycles. The summed E-state index contributed by atoms with van der Waals surface area (Å²) in [6, 6.07) is 6.36. The number of phenolic OH excluding ortho intramolecular Hbond substituents is 1. The van der Waals surface area contributed by atoms with Crippen LogP contribution in [0.3, 0.4) is 0 Å². The molecule has 0 bridgehead atoms. The average Bonchev–Trinajstić information content (AvgIpc) is 2.73. The van der Waals surface area contributed by atoms with E-state index in [1.165, 1.54) is 18.3 Å². The normalized spacial score (nSPS) is 17.9. The maximum atomic E-state index is 11.6. The molecule has 0 radical (unpaired) electrons. The number of carbonyl (C=O) groups excluding carboxylic acids is 2. The molecule has 20 heavy (non-hydrogen) atoms. The molecule has 2 rings (SSSR count). The Kier molecular flexibility index (Phi) is 4.09. The zero-order valence-electron chi connectivity index (χ0n) is 10.8. The van der Waals surface area contributed by atoms with Gasteiger partial charge in [-0.2, -0.15) is 10.2 Å². The van der Waals surface area contributed by atoms with Crippen molar-refractivity contribution in [3.8, 4) is 5.75 Å². The minimum Gasteiger partial charge on any atom is -0.508 e. The molecule has 0 fully saturated rings. The number of rotatable bonds is 4. The van der Waals surface area contributed by atoms with Gasteiger partial charge in [-0.15, -0.1) is 0 Å². The van der Waals surface area contributed by atoms with E-state index >= 15 is 0 Å². The number of hydrazone groups is 2. The largest absolute Gasteiger partial charge is 0.508 e. The Hall–Kier alpha value is -2.70. The zero-order chi connectivity index (χ0) is 14.5. The molecular weight excluding hydrogens is 260 g/mol. The van der Waals surface area contributed by atoms with Gasteiger partial charge in [-0.1, -0.05) is 0 Å². The monoisotopic (exact) mass is 274 g/mol. The van der Waals surface area contributed by atoms with Crippen LogP contribution in [0.15, 0.2) is 34.5 Å². The smallest absolute Gasteiger partial charge is 0.249 e. The molecule has 3 N–H and O–H groups in total. The lowest BCUT2D eigenvalue weighted by Gasteiger charge is -2.05. The number of nitrogens with one attached hydrogen (secondary N) is 2. The van der Waals surface area contributed by atoms with Gasteiger partial charge in [0.15, 0.2) is 0 Å². The van der Waals surface area contributed by atoms with E-state index in [0.717, 1.165) is 5.56 Å². The van der Waals surface area contributed by atoms with E-state index in [1.54, 1.807) is 19.1 Å². The lowest BCUT2D eigenvalue weighted by molar-refractivity contribution is -0.127. The first-order chi connectivity index (χ1) is 9.56. The van der Waals surface area contributed by atoms with Gasteiger partial charge < -0.3 is 5.11 Å². The number of hydrogen-bond acceptors (Lipinski definition) is 5. The lowest BCUT2D eigenvalue weighted by Crippen LogP contribution is -2.29. The van der Waals surface area contributed by atoms with Gasteiger partial charge in [0.1, 0.15) is 5.75 Å². The first-order valence-corrected chi connectivity index (χ1v) is 6.01. The summed E-state index contributed by atoms with van der Waals surface area (Å²) in [5.74, 6) is -1.01. The summed E-state index contributed by atoms with van der Waals surface area (Å²) in [5, 5.41) is 16.7. The Morgan fingerprint density at radius 1 is 1.50 bits per heavy atom. The van der Waals surface area contributed by atoms with Crippen molar-refractivity contribution in [3.05, 3.63) is 29.8 Å². The molecule has 1 aromatic carbocycles. The molecule has 104 valence electrons. The molecule has 1 atom stereocenters. The fourth-order valence-corrected chi connectivity index (χ4v) is 1.70. The Labute approximate surface area is 115 Å². The first-order valence-electron chi connectivity index (χ1n) is 6.01. The van der Waals surface area contributed by atoms with Gasteiger partial charge in [0, 0.05) is 12.1 Å². The van der Waals surface area contributed by atoms with Crippen LogP contribution < -0.4 is 10.9 Å². The molecule has 0 saturated heterocycles. The van der Waals surface area contributed by atoms with Crippen LogP contribution in [0.2, 0.25) is 0 Å². The van der Waals surface area contributed by atoms with Crippen molar-refractivity contribution >= 4 is 23.7 Å². The standard InChI is InChI=1S/C13H14N4O3/c1-8-11(13(20)17-15-8)6-12(19)16-14-7-9-2-4-10(18)5-3-9/h2-5,7,11,18H,6H2,1H3,(H,16,19)(H,17,20)/b14-7-/t11-/m0/s1. The summed E-state index contributed by atoms with van der Waals surface area (Å²) in [5.41, 5.74) is 5.99. The van der Waals surface area contributed by atoms with Crippen LogP contribution in [0.25, 0.3) is 0 Å². The van der Waals surface area contributed by atoms with Crippen LogP contribution in [0.5, 0.6) is 5.75 Å². The van der Waals surface area contributed by atoms with Crippen molar-refractivity contribution in [1.29, 1.82) is 0 Å². The van der Waals surface area contributed by atoms with E-state index < -0.39 is 5.92 Å². The molecule has 7 nitrogen and oxygen atoms in total. The number of phenols is 1. The third-order valence-corrected chi connectivity index (χ3v) is 2.85. The van der Waals surface area contributed by atoms with E-state index in [2.05, 4.69) is 21.1 Å². The Morgan fingerprint density at radius 2 is 2.20 bits per heavy atom. The van der Waals surface area contributed by atoms with Crippen LogP contribution in [-0.4, -0.2) is 28.8 Å². The highest BCUT2D eigenvalue weighted by Crippen LogP contribution is 2.11. The van der Waals surface area contributed by atoms with Crippen molar-refractivity contribution in [2.24, 2.45) is 16.1 Å². The summed E-state index contributed by atoms with van der Waals surface area (Å²) in [6.07, 6.45) is 1.46. The molecule has 1 aromatic rings. The van der Waals surface area contributed by atoms with Crippen molar-refractivity contribution in [3.63, 3.8) is 0 Å². The van der Waals surface area contributed by atoms with E-state index in [4.69, 9.17) is 5.11 Å². The van der Waals surface area contributed by atoms with Gasteiger partial charge in [-0.05, 0) is 36.8 Å². The van der Waals surface area contributed by atoms with Gasteiger partial charge in [0.2, 0.25) is 11.8 Å². The molecule has 0 aliphatic carbocycles. The molecule has 0 aromatic heterocycles. The summed E-state index contributed by atoms with van der Waals surface area (Å²) < 4.78 is 0. The number of aromatic hydroxyl groups is 1. The topological polar surface area (TPSA) is 103 Å². The molecule has 7 heteroatoms. The summed E-state index contributed by atoms with van der Waals surface area (Å²) in [4.78, 5) is 23.0. The Morgan fingerprint density at radius 3 is 2.80 bits per heavy atom. The maximum absolute atomic E-state index is 11.6. The van der Waals surface area contributed by atoms with Crippen LogP contribution in [-0.2, 0) is 9.59 Å². The first kappa shape index (κ1) is 13.7. The molecule has 0 spiro atoms. The molecule has 0 saturated carbocycles. The molecule has 1 aliphatic rings. The Balaban J connectivity index is 1.85. The van der Waals surface area contributed by atoms with Gasteiger partial charge in [-0.3, -0.25) is 9.59 Å². The predicted molar refractivity (Wildman–Crippen MR) is 73.2 cm³/mol. The predicted octanol–water partition coefficient (Wildman–Crippen LogP) is 0.354. The second kappa shape index (κ2) is 5.96.